The van der Waals surface area contributed by atoms with Crippen molar-refractivity contribution in [2.45, 2.75) is 73.1 Å². The summed E-state index contributed by atoms with van der Waals surface area (Å²) in [5.74, 6) is -0.587. The smallest absolute Gasteiger partial charge is 0.301 e. The molecule has 0 saturated carbocycles. The number of hydrogen-bond acceptors (Lipinski definition) is 6. The van der Waals surface area contributed by atoms with Gasteiger partial charge in [-0.15, -0.1) is 4.52 Å². The Bertz CT molecular complexity index is 687. The molecule has 10 heteroatoms. The molecule has 0 aliphatic heterocycles. The van der Waals surface area contributed by atoms with Crippen molar-refractivity contribution in [1.82, 2.24) is 0 Å². The van der Waals surface area contributed by atoms with Crippen LogP contribution in [0.5, 0.6) is 0 Å². The van der Waals surface area contributed by atoms with Crippen LogP contribution in [0.25, 0.3) is 0 Å². The number of Topliss-reactive ketones (excluding diaryl/α,β-unsaturated/α-hetero) is 1. The molecule has 0 amide bonds. The molecular formula is C20H35O8P2+. The Kier molecular flexibility index (Phi) is 15.3. The minimum Gasteiger partial charge on any atom is -0.301 e. The lowest BCUT2D eigenvalue weighted by Crippen LogP contribution is -2.15. The number of carbonyl (C=O) groups excluding carboxylic acids is 1. The van der Waals surface area contributed by atoms with Crippen LogP contribution in [0.3, 0.4) is 0 Å². The molecule has 30 heavy (non-hydrogen) atoms. The molecule has 0 heterocycles. The highest BCUT2D eigenvalue weighted by atomic mass is 31.2. The summed E-state index contributed by atoms with van der Waals surface area (Å²) in [7, 11) is -7.87. The molecule has 0 fully saturated rings. The molecule has 0 aromatic rings. The second-order valence-corrected chi connectivity index (χ2v) is 9.53. The minimum absolute atomic E-state index is 0.279. The van der Waals surface area contributed by atoms with Crippen molar-refractivity contribution in [1.29, 1.82) is 0 Å². The number of ketones is 1. The van der Waals surface area contributed by atoms with Crippen molar-refractivity contribution in [3.8, 4) is 0 Å². The zero-order chi connectivity index (χ0) is 23.2. The fourth-order valence-electron chi connectivity index (χ4n) is 2.43. The van der Waals surface area contributed by atoms with Crippen LogP contribution in [0.4, 0.5) is 0 Å². The van der Waals surface area contributed by atoms with Crippen molar-refractivity contribution in [3.05, 3.63) is 34.9 Å². The average molecular weight is 465 g/mol. The summed E-state index contributed by atoms with van der Waals surface area (Å²) in [6.07, 6.45) is 12.1. The highest BCUT2D eigenvalue weighted by molar-refractivity contribution is 7.46. The zero-order valence-corrected chi connectivity index (χ0v) is 20.3. The van der Waals surface area contributed by atoms with E-state index in [-0.39, 0.29) is 11.7 Å². The third kappa shape index (κ3) is 17.8. The largest absolute Gasteiger partial charge is 0.729 e. The Morgan fingerprint density at radius 2 is 1.53 bits per heavy atom. The van der Waals surface area contributed by atoms with Crippen LogP contribution < -0.4 is 0 Å². The maximum atomic E-state index is 12.0. The van der Waals surface area contributed by atoms with Crippen LogP contribution in [0.2, 0.25) is 0 Å². The molecular weight excluding hydrogens is 430 g/mol. The maximum Gasteiger partial charge on any atom is 0.729 e. The monoisotopic (exact) mass is 465 g/mol. The van der Waals surface area contributed by atoms with Crippen molar-refractivity contribution >= 4 is 21.9 Å². The van der Waals surface area contributed by atoms with Gasteiger partial charge in [-0.3, -0.25) is 4.79 Å². The van der Waals surface area contributed by atoms with Gasteiger partial charge in [0.15, 0.2) is 12.4 Å². The molecule has 0 aliphatic rings. The molecule has 172 valence electrons. The van der Waals surface area contributed by atoms with Gasteiger partial charge in [-0.05, 0) is 66.2 Å². The fourth-order valence-corrected chi connectivity index (χ4v) is 3.27. The van der Waals surface area contributed by atoms with Gasteiger partial charge < -0.3 is 9.79 Å². The van der Waals surface area contributed by atoms with Crippen LogP contribution in [-0.2, 0) is 27.8 Å². The summed E-state index contributed by atoms with van der Waals surface area (Å²) < 4.78 is 33.7. The number of allylic oxidation sites excluding steroid dienone is 6. The summed E-state index contributed by atoms with van der Waals surface area (Å²) >= 11 is 0. The predicted octanol–water partition coefficient (Wildman–Crippen LogP) is 6.11. The standard InChI is InChI=1S/C20H34O8P2/c1-16(2)9-6-10-17(3)11-7-12-18(4)13-8-14-19(5)20(21)15-26-29(22)27-28-30(23,24)25/h9,11,13,19H,6-8,10,12,14-15H2,1-5H3,(H-,23,24,25)/p+1. The molecule has 0 saturated heterocycles. The first-order chi connectivity index (χ1) is 13.9. The van der Waals surface area contributed by atoms with E-state index < -0.39 is 22.7 Å². The van der Waals surface area contributed by atoms with Gasteiger partial charge in [-0.25, -0.2) is 4.57 Å². The van der Waals surface area contributed by atoms with Gasteiger partial charge in [0.05, 0.1) is 4.67 Å². The molecule has 2 N–H and O–H groups in total. The van der Waals surface area contributed by atoms with E-state index in [1.807, 2.05) is 0 Å². The average Bonchev–Trinajstić information content (AvgIpc) is 2.63. The zero-order valence-electron chi connectivity index (χ0n) is 18.5. The second kappa shape index (κ2) is 15.8. The van der Waals surface area contributed by atoms with E-state index in [1.54, 1.807) is 6.92 Å². The van der Waals surface area contributed by atoms with Crippen molar-refractivity contribution in [3.63, 3.8) is 0 Å². The number of hydrogen-bond donors (Lipinski definition) is 2. The first-order valence-electron chi connectivity index (χ1n) is 9.90. The highest BCUT2D eigenvalue weighted by Crippen LogP contribution is 2.41. The molecule has 0 aromatic carbocycles. The van der Waals surface area contributed by atoms with Crippen molar-refractivity contribution < 1.29 is 37.6 Å². The molecule has 2 atom stereocenters. The van der Waals surface area contributed by atoms with E-state index in [0.717, 1.165) is 32.1 Å². The SMILES string of the molecule is CC(C)=CCCC(C)=CCCC(C)=CCCC(C)C(=O)CO[P+](=O)OOP(=O)(O)O. The van der Waals surface area contributed by atoms with Crippen LogP contribution in [0, 0.1) is 5.92 Å². The molecule has 0 aromatic heterocycles. The summed E-state index contributed by atoms with van der Waals surface area (Å²) in [4.78, 5) is 28.8. The van der Waals surface area contributed by atoms with E-state index >= 15 is 0 Å². The van der Waals surface area contributed by atoms with E-state index in [0.29, 0.717) is 6.42 Å². The first kappa shape index (κ1) is 29.0. The molecule has 0 bridgehead atoms. The lowest BCUT2D eigenvalue weighted by atomic mass is 9.99. The highest BCUT2D eigenvalue weighted by Gasteiger charge is 2.31. The van der Waals surface area contributed by atoms with Crippen LogP contribution in [-0.4, -0.2) is 22.2 Å². The van der Waals surface area contributed by atoms with Gasteiger partial charge in [0.1, 0.15) is 0 Å². The van der Waals surface area contributed by atoms with E-state index in [2.05, 4.69) is 59.8 Å². The van der Waals surface area contributed by atoms with E-state index in [9.17, 15) is 13.9 Å². The summed E-state index contributed by atoms with van der Waals surface area (Å²) in [5, 5.41) is 0. The van der Waals surface area contributed by atoms with Crippen LogP contribution in [0.15, 0.2) is 34.9 Å². The third-order valence-electron chi connectivity index (χ3n) is 4.27. The second-order valence-electron chi connectivity index (χ2n) is 7.54. The number of phosphoric acid groups is 1. The maximum absolute atomic E-state index is 12.0. The molecule has 8 nitrogen and oxygen atoms in total. The summed E-state index contributed by atoms with van der Waals surface area (Å²) in [6, 6.07) is 0. The van der Waals surface area contributed by atoms with Gasteiger partial charge in [0, 0.05) is 10.5 Å². The Hall–Kier alpha value is -0.980. The van der Waals surface area contributed by atoms with Gasteiger partial charge >= 0.3 is 16.1 Å². The van der Waals surface area contributed by atoms with Crippen LogP contribution >= 0.6 is 16.1 Å². The van der Waals surface area contributed by atoms with Gasteiger partial charge in [-0.2, -0.15) is 0 Å². The summed E-state index contributed by atoms with van der Waals surface area (Å²) in [5.41, 5.74) is 4.01. The van der Waals surface area contributed by atoms with Crippen molar-refractivity contribution in [2.75, 3.05) is 6.61 Å². The topological polar surface area (TPSA) is 119 Å². The van der Waals surface area contributed by atoms with E-state index in [4.69, 9.17) is 9.79 Å². The number of rotatable bonds is 16. The van der Waals surface area contributed by atoms with Gasteiger partial charge in [0.2, 0.25) is 0 Å². The Morgan fingerprint density at radius 3 is 2.07 bits per heavy atom. The molecule has 0 rings (SSSR count). The summed E-state index contributed by atoms with van der Waals surface area (Å²) in [6.45, 7) is 9.70. The Balaban J connectivity index is 4.10. The van der Waals surface area contributed by atoms with Gasteiger partial charge in [0.25, 0.3) is 0 Å². The Labute approximate surface area is 180 Å². The fraction of sp³-hybridized carbons (Fsp3) is 0.650. The van der Waals surface area contributed by atoms with Gasteiger partial charge in [-0.1, -0.05) is 46.5 Å². The normalized spacial score (nSPS) is 14.4. The lowest BCUT2D eigenvalue weighted by Gasteiger charge is -2.07. The van der Waals surface area contributed by atoms with E-state index in [1.165, 1.54) is 16.7 Å². The predicted molar refractivity (Wildman–Crippen MR) is 117 cm³/mol. The molecule has 0 aliphatic carbocycles. The Morgan fingerprint density at radius 1 is 1.00 bits per heavy atom. The minimum atomic E-state index is -4.92. The number of carbonyl (C=O) groups is 1. The third-order valence-corrected chi connectivity index (χ3v) is 5.19. The van der Waals surface area contributed by atoms with Crippen LogP contribution in [0.1, 0.15) is 73.1 Å². The van der Waals surface area contributed by atoms with Crippen molar-refractivity contribution in [2.24, 2.45) is 5.92 Å². The molecule has 0 radical (unpaired) electrons. The lowest BCUT2D eigenvalue weighted by molar-refractivity contribution is -0.133. The molecule has 0 spiro atoms. The molecule has 2 unspecified atom stereocenters. The quantitative estimate of drug-likeness (QED) is 0.121. The first-order valence-corrected chi connectivity index (χ1v) is 12.5.